The summed E-state index contributed by atoms with van der Waals surface area (Å²) < 4.78 is 74.4. The predicted octanol–water partition coefficient (Wildman–Crippen LogP) is 4.94. The highest BCUT2D eigenvalue weighted by Gasteiger charge is 2.36. The van der Waals surface area contributed by atoms with E-state index in [0.717, 1.165) is 35.6 Å². The first kappa shape index (κ1) is 24.5. The zero-order chi connectivity index (χ0) is 25.4. The van der Waals surface area contributed by atoms with Crippen LogP contribution in [0, 0.1) is 23.4 Å². The van der Waals surface area contributed by atoms with E-state index in [1.54, 1.807) is 12.1 Å². The number of hydrogen-bond donors (Lipinski definition) is 0. The minimum Gasteiger partial charge on any atom is -0.467 e. The van der Waals surface area contributed by atoms with Crippen molar-refractivity contribution in [3.8, 4) is 0 Å². The molecular weight excluding hydrogens is 515 g/mol. The molecule has 0 spiro atoms. The molecule has 1 amide bonds. The number of furan rings is 1. The molecule has 3 heterocycles. The van der Waals surface area contributed by atoms with E-state index in [2.05, 4.69) is 4.98 Å². The van der Waals surface area contributed by atoms with E-state index in [9.17, 15) is 26.4 Å². The van der Waals surface area contributed by atoms with Crippen LogP contribution < -0.4 is 4.90 Å². The third-order valence-electron chi connectivity index (χ3n) is 5.98. The Kier molecular flexibility index (Phi) is 6.58. The number of hydrogen-bond acceptors (Lipinski definition) is 6. The molecule has 1 atom stereocenters. The quantitative estimate of drug-likeness (QED) is 0.349. The molecule has 12 heteroatoms. The molecule has 1 aliphatic heterocycles. The number of fused-ring (bicyclic) bond motifs is 1. The number of rotatable bonds is 6. The van der Waals surface area contributed by atoms with Gasteiger partial charge in [0.2, 0.25) is 15.9 Å². The third-order valence-corrected chi connectivity index (χ3v) is 8.88. The summed E-state index contributed by atoms with van der Waals surface area (Å²) in [6.07, 6.45) is 2.31. The van der Waals surface area contributed by atoms with Crippen molar-refractivity contribution in [1.82, 2.24) is 9.29 Å². The predicted molar refractivity (Wildman–Crippen MR) is 127 cm³/mol. The lowest BCUT2D eigenvalue weighted by Gasteiger charge is -2.33. The molecule has 7 nitrogen and oxygen atoms in total. The minimum absolute atomic E-state index is 0.0169. The maximum Gasteiger partial charge on any atom is 0.243 e. The maximum atomic E-state index is 14.3. The molecule has 0 aliphatic carbocycles. The van der Waals surface area contributed by atoms with Gasteiger partial charge in [-0.2, -0.15) is 4.31 Å². The zero-order valence-corrected chi connectivity index (χ0v) is 20.4. The Morgan fingerprint density at radius 1 is 1.14 bits per heavy atom. The van der Waals surface area contributed by atoms with Crippen molar-refractivity contribution in [2.24, 2.45) is 5.92 Å². The fourth-order valence-corrected chi connectivity index (χ4v) is 6.73. The zero-order valence-electron chi connectivity index (χ0n) is 18.7. The van der Waals surface area contributed by atoms with Crippen LogP contribution in [0.2, 0.25) is 0 Å². The second-order valence-corrected chi connectivity index (χ2v) is 11.3. The molecule has 2 aromatic heterocycles. The van der Waals surface area contributed by atoms with Crippen molar-refractivity contribution >= 4 is 42.6 Å². The highest BCUT2D eigenvalue weighted by Crippen LogP contribution is 2.34. The van der Waals surface area contributed by atoms with E-state index in [4.69, 9.17) is 4.42 Å². The lowest BCUT2D eigenvalue weighted by molar-refractivity contribution is -0.123. The molecule has 36 heavy (non-hydrogen) atoms. The van der Waals surface area contributed by atoms with Crippen LogP contribution in [-0.2, 0) is 21.4 Å². The van der Waals surface area contributed by atoms with Gasteiger partial charge >= 0.3 is 0 Å². The number of sulfonamides is 1. The molecule has 188 valence electrons. The number of carbonyl (C=O) groups excluding carboxylic acids is 1. The van der Waals surface area contributed by atoms with Crippen molar-refractivity contribution < 1.29 is 30.8 Å². The van der Waals surface area contributed by atoms with Crippen LogP contribution in [0.1, 0.15) is 18.6 Å². The van der Waals surface area contributed by atoms with Gasteiger partial charge in [-0.05, 0) is 55.3 Å². The maximum absolute atomic E-state index is 14.3. The third kappa shape index (κ3) is 4.75. The number of thiazole rings is 1. The van der Waals surface area contributed by atoms with Gasteiger partial charge < -0.3 is 4.42 Å². The molecule has 1 fully saturated rings. The molecule has 5 rings (SSSR count). The van der Waals surface area contributed by atoms with E-state index >= 15 is 0 Å². The van der Waals surface area contributed by atoms with Gasteiger partial charge in [0.15, 0.2) is 10.9 Å². The smallest absolute Gasteiger partial charge is 0.243 e. The Balaban J connectivity index is 1.45. The molecule has 0 N–H and O–H groups in total. The fraction of sp³-hybridized carbons (Fsp3) is 0.250. The Hall–Kier alpha value is -3.22. The van der Waals surface area contributed by atoms with Gasteiger partial charge in [-0.1, -0.05) is 11.3 Å². The molecule has 1 saturated heterocycles. The van der Waals surface area contributed by atoms with Crippen LogP contribution in [0.25, 0.3) is 10.2 Å². The Labute approximate surface area is 208 Å². The molecule has 1 aliphatic rings. The van der Waals surface area contributed by atoms with Gasteiger partial charge in [-0.15, -0.1) is 0 Å². The van der Waals surface area contributed by atoms with Crippen LogP contribution in [0.15, 0.2) is 64.1 Å². The van der Waals surface area contributed by atoms with Gasteiger partial charge in [0.1, 0.15) is 22.9 Å². The Morgan fingerprint density at radius 2 is 1.92 bits per heavy atom. The first-order valence-electron chi connectivity index (χ1n) is 11.1. The van der Waals surface area contributed by atoms with Gasteiger partial charge in [0, 0.05) is 19.2 Å². The Bertz CT molecular complexity index is 1510. The summed E-state index contributed by atoms with van der Waals surface area (Å²) in [5, 5.41) is 0.148. The van der Waals surface area contributed by atoms with Gasteiger partial charge in [0.25, 0.3) is 0 Å². The number of amides is 1. The average Bonchev–Trinajstić information content (AvgIpc) is 3.52. The number of anilines is 1. The lowest BCUT2D eigenvalue weighted by atomic mass is 9.98. The summed E-state index contributed by atoms with van der Waals surface area (Å²) >= 11 is 0.957. The van der Waals surface area contributed by atoms with Gasteiger partial charge in [0.05, 0.1) is 28.3 Å². The Morgan fingerprint density at radius 3 is 2.64 bits per heavy atom. The van der Waals surface area contributed by atoms with E-state index in [1.807, 2.05) is 0 Å². The average molecular weight is 536 g/mol. The van der Waals surface area contributed by atoms with Crippen molar-refractivity contribution in [3.05, 3.63) is 78.0 Å². The highest BCUT2D eigenvalue weighted by molar-refractivity contribution is 7.89. The van der Waals surface area contributed by atoms with Gasteiger partial charge in [-0.25, -0.2) is 26.6 Å². The SMILES string of the molecule is O=C(C1CCCN(S(=O)(=O)c2ccc(F)cc2)C1)N(Cc1ccco1)c1nc2c(F)cc(F)cc2s1. The molecule has 0 saturated carbocycles. The van der Waals surface area contributed by atoms with Crippen LogP contribution >= 0.6 is 11.3 Å². The molecular formula is C24H20F3N3O4S2. The molecule has 4 aromatic rings. The molecule has 0 bridgehead atoms. The largest absolute Gasteiger partial charge is 0.467 e. The number of benzene rings is 2. The number of aromatic nitrogens is 1. The van der Waals surface area contributed by atoms with Crippen molar-refractivity contribution in [2.75, 3.05) is 18.0 Å². The summed E-state index contributed by atoms with van der Waals surface area (Å²) in [6.45, 7) is 0.116. The van der Waals surface area contributed by atoms with Gasteiger partial charge in [-0.3, -0.25) is 9.69 Å². The van der Waals surface area contributed by atoms with E-state index in [1.165, 1.54) is 27.6 Å². The first-order valence-corrected chi connectivity index (χ1v) is 13.3. The number of nitrogens with zero attached hydrogens (tertiary/aromatic N) is 3. The lowest BCUT2D eigenvalue weighted by Crippen LogP contribution is -2.46. The summed E-state index contributed by atoms with van der Waals surface area (Å²) in [4.78, 5) is 19.2. The summed E-state index contributed by atoms with van der Waals surface area (Å²) in [7, 11) is -3.94. The van der Waals surface area contributed by atoms with Crippen molar-refractivity contribution in [3.63, 3.8) is 0 Å². The monoisotopic (exact) mass is 535 g/mol. The molecule has 0 radical (unpaired) electrons. The summed E-state index contributed by atoms with van der Waals surface area (Å²) in [6, 6.07) is 9.71. The number of carbonyl (C=O) groups is 1. The number of halogens is 3. The van der Waals surface area contributed by atoms with Crippen LogP contribution in [0.4, 0.5) is 18.3 Å². The standard InChI is InChI=1S/C24H20F3N3O4S2/c25-16-5-7-19(8-6-16)36(32,33)29-9-1-3-15(13-29)23(31)30(14-18-4-2-10-34-18)24-28-22-20(27)11-17(26)12-21(22)35-24/h2,4-8,10-12,15H,1,3,9,13-14H2. The van der Waals surface area contributed by atoms with Crippen LogP contribution in [-0.4, -0.2) is 36.7 Å². The first-order chi connectivity index (χ1) is 17.2. The highest BCUT2D eigenvalue weighted by atomic mass is 32.2. The molecule has 1 unspecified atom stereocenters. The summed E-state index contributed by atoms with van der Waals surface area (Å²) in [5.74, 6) is -2.83. The minimum atomic E-state index is -3.94. The van der Waals surface area contributed by atoms with Crippen LogP contribution in [0.3, 0.4) is 0 Å². The van der Waals surface area contributed by atoms with E-state index < -0.39 is 39.3 Å². The molecule has 2 aromatic carbocycles. The fourth-order valence-electron chi connectivity index (χ4n) is 4.20. The normalized spacial score (nSPS) is 16.9. The van der Waals surface area contributed by atoms with E-state index in [-0.39, 0.29) is 39.9 Å². The second kappa shape index (κ2) is 9.68. The summed E-state index contributed by atoms with van der Waals surface area (Å²) in [5.41, 5.74) is -0.0576. The topological polar surface area (TPSA) is 83.7 Å². The van der Waals surface area contributed by atoms with Crippen molar-refractivity contribution in [2.45, 2.75) is 24.3 Å². The van der Waals surface area contributed by atoms with Crippen LogP contribution in [0.5, 0.6) is 0 Å². The van der Waals surface area contributed by atoms with E-state index in [0.29, 0.717) is 18.6 Å². The van der Waals surface area contributed by atoms with Crippen molar-refractivity contribution in [1.29, 1.82) is 0 Å². The number of piperidine rings is 1. The second-order valence-electron chi connectivity index (χ2n) is 8.39.